The van der Waals surface area contributed by atoms with Gasteiger partial charge in [0, 0.05) is 12.7 Å². The van der Waals surface area contributed by atoms with Gasteiger partial charge < -0.3 is 5.32 Å². The Bertz CT molecular complexity index is 529. The summed E-state index contributed by atoms with van der Waals surface area (Å²) in [5.41, 5.74) is 3.44. The first-order valence-corrected chi connectivity index (χ1v) is 6.43. The molecule has 1 aromatic carbocycles. The van der Waals surface area contributed by atoms with Crippen molar-refractivity contribution >= 4 is 33.2 Å². The molecular weight excluding hydrogens is 300 g/mol. The zero-order valence-corrected chi connectivity index (χ0v) is 11.7. The van der Waals surface area contributed by atoms with Crippen molar-refractivity contribution in [3.63, 3.8) is 0 Å². The van der Waals surface area contributed by atoms with Crippen molar-refractivity contribution in [1.82, 2.24) is 4.98 Å². The van der Waals surface area contributed by atoms with E-state index in [-0.39, 0.29) is 0 Å². The molecule has 0 atom stereocenters. The van der Waals surface area contributed by atoms with E-state index >= 15 is 0 Å². The molecule has 0 saturated carbocycles. The predicted molar refractivity (Wildman–Crippen MR) is 75.5 cm³/mol. The van der Waals surface area contributed by atoms with E-state index in [2.05, 4.69) is 45.3 Å². The molecule has 88 valence electrons. The second-order valence-corrected chi connectivity index (χ2v) is 4.96. The lowest BCUT2D eigenvalue weighted by atomic mass is 10.1. The highest BCUT2D eigenvalue weighted by Gasteiger charge is 2.03. The van der Waals surface area contributed by atoms with Crippen molar-refractivity contribution in [2.45, 2.75) is 13.5 Å². The standard InChI is InChI=1S/C13H12BrClN2/c1-9-4-2-3-5-10(9)7-16-12-6-11(15)8-17-13(12)14/h2-6,8,16H,7H2,1H3. The van der Waals surface area contributed by atoms with Crippen LogP contribution in [0.5, 0.6) is 0 Å². The van der Waals surface area contributed by atoms with Crippen LogP contribution >= 0.6 is 27.5 Å². The van der Waals surface area contributed by atoms with Crippen molar-refractivity contribution < 1.29 is 0 Å². The van der Waals surface area contributed by atoms with E-state index in [1.807, 2.05) is 18.2 Å². The van der Waals surface area contributed by atoms with Crippen LogP contribution in [0, 0.1) is 6.92 Å². The molecule has 0 unspecified atom stereocenters. The summed E-state index contributed by atoms with van der Waals surface area (Å²) in [6.07, 6.45) is 1.62. The molecule has 1 heterocycles. The second-order valence-electron chi connectivity index (χ2n) is 3.77. The second kappa shape index (κ2) is 5.52. The van der Waals surface area contributed by atoms with Gasteiger partial charge in [-0.1, -0.05) is 35.9 Å². The Balaban J connectivity index is 2.12. The zero-order valence-electron chi connectivity index (χ0n) is 9.37. The van der Waals surface area contributed by atoms with Crippen LogP contribution in [0.4, 0.5) is 5.69 Å². The Kier molecular flexibility index (Phi) is 4.02. The monoisotopic (exact) mass is 310 g/mol. The van der Waals surface area contributed by atoms with Crippen LogP contribution in [0.2, 0.25) is 5.02 Å². The van der Waals surface area contributed by atoms with E-state index in [0.717, 1.165) is 16.8 Å². The van der Waals surface area contributed by atoms with Crippen molar-refractivity contribution in [2.75, 3.05) is 5.32 Å². The summed E-state index contributed by atoms with van der Waals surface area (Å²) in [6, 6.07) is 10.1. The number of nitrogens with one attached hydrogen (secondary N) is 1. The third-order valence-electron chi connectivity index (χ3n) is 2.54. The molecule has 0 aliphatic carbocycles. The average Bonchev–Trinajstić information content (AvgIpc) is 2.32. The molecule has 0 fully saturated rings. The SMILES string of the molecule is Cc1ccccc1CNc1cc(Cl)cnc1Br. The molecule has 0 aliphatic heterocycles. The number of aryl methyl sites for hydroxylation is 1. The average molecular weight is 312 g/mol. The summed E-state index contributed by atoms with van der Waals surface area (Å²) < 4.78 is 0.774. The lowest BCUT2D eigenvalue weighted by Gasteiger charge is -2.10. The molecule has 0 saturated heterocycles. The van der Waals surface area contributed by atoms with Crippen LogP contribution < -0.4 is 5.32 Å². The minimum absolute atomic E-state index is 0.625. The van der Waals surface area contributed by atoms with Gasteiger partial charge in [-0.25, -0.2) is 4.98 Å². The number of hydrogen-bond donors (Lipinski definition) is 1. The maximum atomic E-state index is 5.91. The Morgan fingerprint density at radius 3 is 2.88 bits per heavy atom. The highest BCUT2D eigenvalue weighted by molar-refractivity contribution is 9.10. The van der Waals surface area contributed by atoms with E-state index in [1.165, 1.54) is 11.1 Å². The van der Waals surface area contributed by atoms with Gasteiger partial charge >= 0.3 is 0 Å². The van der Waals surface area contributed by atoms with E-state index in [9.17, 15) is 0 Å². The normalized spacial score (nSPS) is 10.3. The number of rotatable bonds is 3. The Hall–Kier alpha value is -1.06. The molecule has 2 rings (SSSR count). The highest BCUT2D eigenvalue weighted by Crippen LogP contribution is 2.23. The molecule has 0 radical (unpaired) electrons. The van der Waals surface area contributed by atoms with Gasteiger partial charge in [0.05, 0.1) is 10.7 Å². The number of anilines is 1. The summed E-state index contributed by atoms with van der Waals surface area (Å²) in [6.45, 7) is 2.86. The van der Waals surface area contributed by atoms with Crippen LogP contribution in [0.25, 0.3) is 0 Å². The predicted octanol–water partition coefficient (Wildman–Crippen LogP) is 4.42. The van der Waals surface area contributed by atoms with E-state index < -0.39 is 0 Å². The summed E-state index contributed by atoms with van der Waals surface area (Å²) in [4.78, 5) is 4.14. The minimum Gasteiger partial charge on any atom is -0.379 e. The molecule has 17 heavy (non-hydrogen) atoms. The minimum atomic E-state index is 0.625. The van der Waals surface area contributed by atoms with E-state index in [1.54, 1.807) is 6.20 Å². The van der Waals surface area contributed by atoms with Crippen molar-refractivity contribution in [3.8, 4) is 0 Å². The first kappa shape index (κ1) is 12.4. The Labute approximate surface area is 114 Å². The lowest BCUT2D eigenvalue weighted by Crippen LogP contribution is -2.02. The van der Waals surface area contributed by atoms with Gasteiger partial charge in [-0.2, -0.15) is 0 Å². The van der Waals surface area contributed by atoms with Gasteiger partial charge in [-0.3, -0.25) is 0 Å². The first-order valence-electron chi connectivity index (χ1n) is 5.26. The third kappa shape index (κ3) is 3.20. The van der Waals surface area contributed by atoms with Gasteiger partial charge in [0.2, 0.25) is 0 Å². The van der Waals surface area contributed by atoms with E-state index in [4.69, 9.17) is 11.6 Å². The smallest absolute Gasteiger partial charge is 0.129 e. The van der Waals surface area contributed by atoms with Crippen LogP contribution in [0.3, 0.4) is 0 Å². The molecule has 1 aromatic heterocycles. The summed E-state index contributed by atoms with van der Waals surface area (Å²) in [5, 5.41) is 3.94. The lowest BCUT2D eigenvalue weighted by molar-refractivity contribution is 1.10. The molecule has 1 N–H and O–H groups in total. The molecule has 0 bridgehead atoms. The fourth-order valence-corrected chi connectivity index (χ4v) is 2.06. The number of pyridine rings is 1. The number of halogens is 2. The quantitative estimate of drug-likeness (QED) is 0.849. The summed E-state index contributed by atoms with van der Waals surface area (Å²) in [5.74, 6) is 0. The van der Waals surface area contributed by atoms with Gasteiger partial charge in [-0.05, 0) is 40.0 Å². The summed E-state index contributed by atoms with van der Waals surface area (Å²) >= 11 is 9.30. The van der Waals surface area contributed by atoms with Crippen molar-refractivity contribution in [3.05, 3.63) is 57.3 Å². The van der Waals surface area contributed by atoms with Crippen LogP contribution in [0.15, 0.2) is 41.1 Å². The largest absolute Gasteiger partial charge is 0.379 e. The van der Waals surface area contributed by atoms with Crippen LogP contribution in [0.1, 0.15) is 11.1 Å². The molecule has 0 spiro atoms. The molecular formula is C13H12BrClN2. The van der Waals surface area contributed by atoms with E-state index in [0.29, 0.717) is 5.02 Å². The maximum absolute atomic E-state index is 5.91. The van der Waals surface area contributed by atoms with Crippen LogP contribution in [-0.2, 0) is 6.54 Å². The number of benzene rings is 1. The summed E-state index contributed by atoms with van der Waals surface area (Å²) in [7, 11) is 0. The van der Waals surface area contributed by atoms with Crippen LogP contribution in [-0.4, -0.2) is 4.98 Å². The van der Waals surface area contributed by atoms with Gasteiger partial charge in [0.1, 0.15) is 4.60 Å². The third-order valence-corrected chi connectivity index (χ3v) is 3.37. The number of aromatic nitrogens is 1. The number of hydrogen-bond acceptors (Lipinski definition) is 2. The molecule has 0 amide bonds. The first-order chi connectivity index (χ1) is 8.16. The molecule has 0 aliphatic rings. The fraction of sp³-hybridized carbons (Fsp3) is 0.154. The molecule has 4 heteroatoms. The maximum Gasteiger partial charge on any atom is 0.129 e. The Morgan fingerprint density at radius 2 is 2.12 bits per heavy atom. The molecule has 2 aromatic rings. The van der Waals surface area contributed by atoms with Gasteiger partial charge in [0.25, 0.3) is 0 Å². The van der Waals surface area contributed by atoms with Crippen molar-refractivity contribution in [1.29, 1.82) is 0 Å². The number of nitrogens with zero attached hydrogens (tertiary/aromatic N) is 1. The highest BCUT2D eigenvalue weighted by atomic mass is 79.9. The fourth-order valence-electron chi connectivity index (χ4n) is 1.55. The van der Waals surface area contributed by atoms with Gasteiger partial charge in [0.15, 0.2) is 0 Å². The Morgan fingerprint density at radius 1 is 1.35 bits per heavy atom. The zero-order chi connectivity index (χ0) is 12.3. The molecule has 2 nitrogen and oxygen atoms in total. The van der Waals surface area contributed by atoms with Gasteiger partial charge in [-0.15, -0.1) is 0 Å². The topological polar surface area (TPSA) is 24.9 Å². The van der Waals surface area contributed by atoms with Crippen molar-refractivity contribution in [2.24, 2.45) is 0 Å².